The number of carbonyl (C=O) groups excluding carboxylic acids is 5. The number of hydrazone groups is 1. The van der Waals surface area contributed by atoms with Crippen molar-refractivity contribution in [2.45, 2.75) is 116 Å². The Balaban J connectivity index is 0.806. The lowest BCUT2D eigenvalue weighted by Gasteiger charge is -2.36. The molecule has 3 aliphatic rings. The Hall–Kier alpha value is -7.36. The fraction of sp³-hybridized carbons (Fsp3) is 0.456. The molecule has 3 aromatic carbocycles. The van der Waals surface area contributed by atoms with Crippen LogP contribution in [0.5, 0.6) is 6.01 Å². The van der Waals surface area contributed by atoms with Crippen molar-refractivity contribution in [3.8, 4) is 16.5 Å². The maximum atomic E-state index is 14.8. The number of aryl methyl sites for hydroxylation is 2. The predicted molar refractivity (Wildman–Crippen MR) is 297 cm³/mol. The number of halogens is 1. The van der Waals surface area contributed by atoms with E-state index in [2.05, 4.69) is 51.6 Å². The molecule has 5 aromatic rings. The average molecular weight is 1090 g/mol. The summed E-state index contributed by atoms with van der Waals surface area (Å²) in [5.74, 6) is -1.27. The Morgan fingerprint density at radius 3 is 2.41 bits per heavy atom. The largest absolute Gasteiger partial charge is 0.463 e. The number of nitrogens with zero attached hydrogens (tertiary/aromatic N) is 6. The zero-order chi connectivity index (χ0) is 55.4. The first-order valence-corrected chi connectivity index (χ1v) is 27.4. The van der Waals surface area contributed by atoms with Gasteiger partial charge in [0.1, 0.15) is 17.9 Å². The first-order chi connectivity index (χ1) is 37.4. The van der Waals surface area contributed by atoms with Crippen LogP contribution in [0, 0.1) is 19.3 Å². The molecular weight excluding hydrogens is 1020 g/mol. The molecule has 4 heterocycles. The van der Waals surface area contributed by atoms with Crippen molar-refractivity contribution in [3.63, 3.8) is 0 Å². The van der Waals surface area contributed by atoms with E-state index < -0.39 is 53.0 Å². The third kappa shape index (κ3) is 15.7. The lowest BCUT2D eigenvalue weighted by molar-refractivity contribution is -0.145. The number of ether oxygens (including phenoxy) is 2. The fourth-order valence-corrected chi connectivity index (χ4v) is 10.1. The molecular formula is C57H70FN11O8S. The molecule has 2 aromatic heterocycles. The molecule has 0 spiro atoms. The fourth-order valence-electron chi connectivity index (χ4n) is 9.24. The second kappa shape index (κ2) is 25.9. The number of aliphatic hydroxyl groups is 1. The third-order valence-corrected chi connectivity index (χ3v) is 14.8. The molecule has 2 saturated heterocycles. The van der Waals surface area contributed by atoms with E-state index in [1.807, 2.05) is 92.7 Å². The van der Waals surface area contributed by atoms with Gasteiger partial charge in [0.05, 0.1) is 54.3 Å². The van der Waals surface area contributed by atoms with E-state index in [-0.39, 0.29) is 69.4 Å². The first kappa shape index (κ1) is 56.8. The number of β-amino-alcohol motifs (C(OH)–C–C–N with tert-alkyl or cyclic N) is 1. The van der Waals surface area contributed by atoms with Crippen LogP contribution in [0.15, 0.2) is 89.5 Å². The summed E-state index contributed by atoms with van der Waals surface area (Å²) in [5.41, 5.74) is 8.19. The zero-order valence-corrected chi connectivity index (χ0v) is 45.7. The molecule has 6 N–H and O–H groups in total. The Morgan fingerprint density at radius 2 is 1.72 bits per heavy atom. The van der Waals surface area contributed by atoms with Gasteiger partial charge < -0.3 is 45.6 Å². The van der Waals surface area contributed by atoms with Gasteiger partial charge in [-0.3, -0.25) is 29.4 Å². The highest BCUT2D eigenvalue weighted by molar-refractivity contribution is 7.13. The van der Waals surface area contributed by atoms with Gasteiger partial charge in [-0.1, -0.05) is 87.0 Å². The summed E-state index contributed by atoms with van der Waals surface area (Å²) < 4.78 is 26.3. The number of morpholine rings is 1. The minimum absolute atomic E-state index is 0.0272. The number of aliphatic hydroxyl groups excluding tert-OH is 1. The van der Waals surface area contributed by atoms with Crippen molar-refractivity contribution in [1.82, 2.24) is 35.8 Å². The Morgan fingerprint density at radius 1 is 0.962 bits per heavy atom. The first-order valence-electron chi connectivity index (χ1n) is 26.6. The van der Waals surface area contributed by atoms with Gasteiger partial charge in [0.15, 0.2) is 11.5 Å². The second-order valence-corrected chi connectivity index (χ2v) is 22.1. The van der Waals surface area contributed by atoms with E-state index in [9.17, 15) is 33.5 Å². The number of likely N-dealkylation sites (tertiary alicyclic amines) is 1. The zero-order valence-electron chi connectivity index (χ0n) is 44.9. The lowest BCUT2D eigenvalue weighted by Crippen LogP contribution is -2.59. The van der Waals surface area contributed by atoms with E-state index >= 15 is 0 Å². The van der Waals surface area contributed by atoms with Crippen LogP contribution in [-0.2, 0) is 35.1 Å². The number of anilines is 3. The molecule has 8 rings (SSSR count). The SMILES string of the molecule is Cc1cccc(/C=N/Nc2cc(N3CCOCC3)nc(OCCc3ccc(NC(=O)CCCNC(=O)CC[C@H](NC(=O)[C@@H]4C[C@@H](O)CN4C(=O)[C@@H](NC(=O)C4(F)CC4)C(C)(C)C)c4ccc(-c5scnc5C)cc4)cc3)n2)c1. The molecule has 1 saturated carbocycles. The van der Waals surface area contributed by atoms with E-state index in [0.29, 0.717) is 63.1 Å². The van der Waals surface area contributed by atoms with Crippen LogP contribution in [0.3, 0.4) is 0 Å². The number of nitrogens with one attached hydrogen (secondary N) is 5. The smallest absolute Gasteiger partial charge is 0.320 e. The van der Waals surface area contributed by atoms with Crippen LogP contribution < -0.4 is 36.3 Å². The summed E-state index contributed by atoms with van der Waals surface area (Å²) in [6, 6.07) is 22.3. The quantitative estimate of drug-likeness (QED) is 0.0230. The Labute approximate surface area is 458 Å². The maximum Gasteiger partial charge on any atom is 0.320 e. The molecule has 78 heavy (non-hydrogen) atoms. The van der Waals surface area contributed by atoms with Gasteiger partial charge in [-0.25, -0.2) is 9.37 Å². The van der Waals surface area contributed by atoms with Crippen molar-refractivity contribution in [2.75, 3.05) is 61.6 Å². The Kier molecular flexibility index (Phi) is 18.8. The van der Waals surface area contributed by atoms with Gasteiger partial charge in [0.2, 0.25) is 23.6 Å². The summed E-state index contributed by atoms with van der Waals surface area (Å²) in [6.45, 7) is 12.2. The van der Waals surface area contributed by atoms with Crippen LogP contribution in [-0.4, -0.2) is 131 Å². The van der Waals surface area contributed by atoms with Crippen LogP contribution in [0.25, 0.3) is 10.4 Å². The highest BCUT2D eigenvalue weighted by Gasteiger charge is 2.53. The van der Waals surface area contributed by atoms with Crippen molar-refractivity contribution in [2.24, 2.45) is 10.5 Å². The van der Waals surface area contributed by atoms with Crippen LogP contribution >= 0.6 is 11.3 Å². The van der Waals surface area contributed by atoms with Gasteiger partial charge >= 0.3 is 6.01 Å². The van der Waals surface area contributed by atoms with E-state index in [1.54, 1.807) is 32.5 Å². The summed E-state index contributed by atoms with van der Waals surface area (Å²) in [7, 11) is 0. The second-order valence-electron chi connectivity index (χ2n) is 21.2. The summed E-state index contributed by atoms with van der Waals surface area (Å²) >= 11 is 1.51. The minimum Gasteiger partial charge on any atom is -0.463 e. The molecule has 21 heteroatoms. The molecule has 2 aliphatic heterocycles. The molecule has 0 unspecified atom stereocenters. The van der Waals surface area contributed by atoms with Crippen molar-refractivity contribution >= 4 is 64.4 Å². The molecule has 0 bridgehead atoms. The normalized spacial score (nSPS) is 17.7. The van der Waals surface area contributed by atoms with Gasteiger partial charge in [-0.15, -0.1) is 11.3 Å². The van der Waals surface area contributed by atoms with Gasteiger partial charge in [-0.05, 0) is 79.3 Å². The number of aromatic nitrogens is 3. The summed E-state index contributed by atoms with van der Waals surface area (Å²) in [6.07, 6.45) is 2.16. The minimum atomic E-state index is -2.01. The molecule has 3 fully saturated rings. The average Bonchev–Trinajstić information content (AvgIpc) is 3.86. The van der Waals surface area contributed by atoms with Crippen molar-refractivity contribution in [3.05, 3.63) is 112 Å². The monoisotopic (exact) mass is 1090 g/mol. The number of amides is 5. The number of rotatable bonds is 23. The number of carbonyl (C=O) groups is 5. The highest BCUT2D eigenvalue weighted by atomic mass is 32.1. The van der Waals surface area contributed by atoms with E-state index in [0.717, 1.165) is 38.4 Å². The predicted octanol–water partition coefficient (Wildman–Crippen LogP) is 6.59. The van der Waals surface area contributed by atoms with Crippen LogP contribution in [0.4, 0.5) is 21.7 Å². The number of hydrogen-bond acceptors (Lipinski definition) is 15. The van der Waals surface area contributed by atoms with Crippen LogP contribution in [0.1, 0.15) is 99.7 Å². The highest BCUT2D eigenvalue weighted by Crippen LogP contribution is 2.40. The number of thiazole rings is 1. The molecule has 1 aliphatic carbocycles. The molecule has 19 nitrogen and oxygen atoms in total. The number of benzene rings is 3. The molecule has 0 radical (unpaired) electrons. The summed E-state index contributed by atoms with van der Waals surface area (Å²) in [4.78, 5) is 85.3. The molecule has 414 valence electrons. The lowest BCUT2D eigenvalue weighted by atomic mass is 9.85. The van der Waals surface area contributed by atoms with Gasteiger partial charge in [-0.2, -0.15) is 15.1 Å². The standard InChI is InChI=1S/C57H70FN11O8S/c1-36-8-6-9-39(30-36)33-61-67-46-32-47(68-25-28-76-29-26-68)65-55(64-46)77-27-21-38-11-17-42(18-12-38)62-49(72)10-7-24-59-48(71)20-19-44(40-13-15-41(16-14-40)50-37(2)60-35-78-50)63-52(73)45-31-43(70)34-69(45)53(74)51(56(3,4)5)66-54(75)57(58)22-23-57/h6,8-9,11-18,30,32-33,35,43-45,51,70H,7,10,19-29,31,34H2,1-5H3,(H,59,71)(H,62,72)(H,63,73)(H,66,75)(H,64,65,67)/b61-33+/t43-,44+,45+,51-/m1/s1. The molecule has 4 atom stereocenters. The summed E-state index contributed by atoms with van der Waals surface area (Å²) in [5, 5.41) is 26.6. The number of alkyl halides is 1. The third-order valence-electron chi connectivity index (χ3n) is 13.9. The maximum absolute atomic E-state index is 14.8. The van der Waals surface area contributed by atoms with Crippen molar-refractivity contribution in [1.29, 1.82) is 0 Å². The Bertz CT molecular complexity index is 2920. The van der Waals surface area contributed by atoms with Crippen molar-refractivity contribution < 1.29 is 42.9 Å². The topological polar surface area (TPSA) is 242 Å². The number of hydrogen-bond donors (Lipinski definition) is 6. The van der Waals surface area contributed by atoms with Gasteiger partial charge in [0.25, 0.3) is 5.91 Å². The molecule has 5 amide bonds. The van der Waals surface area contributed by atoms with E-state index in [4.69, 9.17) is 9.47 Å². The van der Waals surface area contributed by atoms with Gasteiger partial charge in [0, 0.05) is 63.6 Å². The van der Waals surface area contributed by atoms with E-state index in [1.165, 1.54) is 16.2 Å². The van der Waals surface area contributed by atoms with Crippen LogP contribution in [0.2, 0.25) is 0 Å².